The molecule has 3 nitrogen and oxygen atoms in total. The molecule has 0 fully saturated rings. The van der Waals surface area contributed by atoms with Crippen LogP contribution in [0.15, 0.2) is 24.3 Å². The lowest BCUT2D eigenvalue weighted by Crippen LogP contribution is -2.50. The van der Waals surface area contributed by atoms with E-state index in [1.807, 2.05) is 0 Å². The van der Waals surface area contributed by atoms with Crippen molar-refractivity contribution in [1.29, 1.82) is 0 Å². The van der Waals surface area contributed by atoms with E-state index in [2.05, 4.69) is 107 Å². The topological polar surface area (TPSA) is 54.4 Å². The van der Waals surface area contributed by atoms with Gasteiger partial charge in [0.1, 0.15) is 5.78 Å². The van der Waals surface area contributed by atoms with Crippen LogP contribution < -0.4 is 0 Å². The van der Waals surface area contributed by atoms with Crippen molar-refractivity contribution >= 4 is 11.8 Å². The van der Waals surface area contributed by atoms with E-state index >= 15 is 0 Å². The molecule has 0 bridgehead atoms. The van der Waals surface area contributed by atoms with E-state index in [1.54, 1.807) is 0 Å². The van der Waals surface area contributed by atoms with Gasteiger partial charge in [-0.05, 0) is 96.0 Å². The smallest absolute Gasteiger partial charge is 0.307 e. The number of ketones is 1. The minimum Gasteiger partial charge on any atom is -0.481 e. The molecule has 0 amide bonds. The summed E-state index contributed by atoms with van der Waals surface area (Å²) in [5, 5.41) is 9.76. The van der Waals surface area contributed by atoms with E-state index in [-0.39, 0.29) is 39.3 Å². The number of carbonyl (C=O) groups is 2. The first-order valence-corrected chi connectivity index (χ1v) is 17.8. The number of hydrogen-bond donors (Lipinski definition) is 1. The van der Waals surface area contributed by atoms with Gasteiger partial charge < -0.3 is 9.90 Å². The van der Waals surface area contributed by atoms with Crippen LogP contribution in [0.5, 0.6) is 0 Å². The van der Waals surface area contributed by atoms with Crippen molar-refractivity contribution in [3.8, 4) is 0 Å². The van der Waals surface area contributed by atoms with Gasteiger partial charge in [-0.3, -0.25) is 4.79 Å². The lowest BCUT2D eigenvalue weighted by Gasteiger charge is -2.60. The van der Waals surface area contributed by atoms with Crippen LogP contribution in [0.4, 0.5) is 0 Å². The second-order valence-electron chi connectivity index (χ2n) is 15.3. The Balaban J connectivity index is 3.89. The molecule has 0 aliphatic carbocycles. The molecule has 0 aromatic heterocycles. The standard InChI is InChI=1S/C40H70O3/c1-14-37(12,15-2)28-34(32-24-22-31(23-25-32)27-33(35(42)43)26-30(9)41)40(20-7,21-8)39(18-5,19-6)29-36(10,11)38(13,16-3)17-4/h22-25,33-34H,14-21,26-29H2,1-13H3,(H,42,43). The van der Waals surface area contributed by atoms with Gasteiger partial charge >= 0.3 is 5.97 Å². The van der Waals surface area contributed by atoms with Gasteiger partial charge in [0, 0.05) is 6.42 Å². The third kappa shape index (κ3) is 8.55. The Bertz CT molecular complexity index is 985. The minimum atomic E-state index is -0.890. The van der Waals surface area contributed by atoms with Gasteiger partial charge in [-0.2, -0.15) is 0 Å². The number of benzene rings is 1. The first-order valence-electron chi connectivity index (χ1n) is 17.8. The minimum absolute atomic E-state index is 0.0705. The second-order valence-corrected chi connectivity index (χ2v) is 15.3. The molecule has 0 spiro atoms. The highest BCUT2D eigenvalue weighted by Crippen LogP contribution is 2.66. The van der Waals surface area contributed by atoms with Crippen LogP contribution in [-0.2, 0) is 16.0 Å². The SMILES string of the molecule is CCC(C)(CC)CC(c1ccc(CC(CC(C)=O)C(=O)O)cc1)C(CC)(CC)C(CC)(CC)CC(C)(C)C(C)(CC)CC. The molecule has 248 valence electrons. The molecule has 0 aliphatic heterocycles. The predicted octanol–water partition coefficient (Wildman–Crippen LogP) is 12.1. The van der Waals surface area contributed by atoms with Crippen LogP contribution in [0.2, 0.25) is 0 Å². The summed E-state index contributed by atoms with van der Waals surface area (Å²) in [4.78, 5) is 23.6. The van der Waals surface area contributed by atoms with Crippen LogP contribution in [-0.4, -0.2) is 16.9 Å². The third-order valence-electron chi connectivity index (χ3n) is 13.5. The highest BCUT2D eigenvalue weighted by Gasteiger charge is 2.56. The van der Waals surface area contributed by atoms with Gasteiger partial charge in [-0.1, -0.05) is 133 Å². The molecule has 1 rings (SSSR count). The molecular formula is C40H70O3. The summed E-state index contributed by atoms with van der Waals surface area (Å²) in [6.07, 6.45) is 12.2. The molecule has 1 N–H and O–H groups in total. The van der Waals surface area contributed by atoms with Gasteiger partial charge in [-0.15, -0.1) is 0 Å². The zero-order valence-electron chi connectivity index (χ0n) is 30.7. The third-order valence-corrected chi connectivity index (χ3v) is 13.5. The van der Waals surface area contributed by atoms with Gasteiger partial charge in [0.05, 0.1) is 5.92 Å². The molecule has 3 heteroatoms. The van der Waals surface area contributed by atoms with Crippen LogP contribution in [0.3, 0.4) is 0 Å². The van der Waals surface area contributed by atoms with Crippen molar-refractivity contribution in [3.63, 3.8) is 0 Å². The van der Waals surface area contributed by atoms with E-state index in [0.717, 1.165) is 37.7 Å². The summed E-state index contributed by atoms with van der Waals surface area (Å²) >= 11 is 0. The van der Waals surface area contributed by atoms with Crippen molar-refractivity contribution < 1.29 is 14.7 Å². The molecule has 1 aromatic carbocycles. The summed E-state index contributed by atoms with van der Waals surface area (Å²) in [5.41, 5.74) is 3.46. The fourth-order valence-corrected chi connectivity index (χ4v) is 8.94. The molecule has 0 saturated carbocycles. The average molecular weight is 599 g/mol. The number of hydrogen-bond acceptors (Lipinski definition) is 2. The fourth-order valence-electron chi connectivity index (χ4n) is 8.94. The number of carbonyl (C=O) groups excluding carboxylic acids is 1. The van der Waals surface area contributed by atoms with Gasteiger partial charge in [0.2, 0.25) is 0 Å². The van der Waals surface area contributed by atoms with Crippen molar-refractivity contribution in [1.82, 2.24) is 0 Å². The molecule has 43 heavy (non-hydrogen) atoms. The molecule has 0 aliphatic rings. The largest absolute Gasteiger partial charge is 0.481 e. The molecule has 1 aromatic rings. The van der Waals surface area contributed by atoms with E-state index in [0.29, 0.717) is 12.3 Å². The Morgan fingerprint density at radius 1 is 0.721 bits per heavy atom. The average Bonchev–Trinajstić information content (AvgIpc) is 2.99. The first-order chi connectivity index (χ1) is 20.0. The number of carboxylic acids is 1. The highest BCUT2D eigenvalue weighted by molar-refractivity contribution is 5.82. The molecule has 2 atom stereocenters. The van der Waals surface area contributed by atoms with E-state index < -0.39 is 11.9 Å². The second kappa shape index (κ2) is 16.1. The van der Waals surface area contributed by atoms with E-state index in [4.69, 9.17) is 0 Å². The Morgan fingerprint density at radius 2 is 1.21 bits per heavy atom. The lowest BCUT2D eigenvalue weighted by atomic mass is 9.44. The maximum Gasteiger partial charge on any atom is 0.307 e. The fraction of sp³-hybridized carbons (Fsp3) is 0.800. The number of carboxylic acid groups (broad SMARTS) is 1. The Labute approximate surface area is 267 Å². The molecular weight excluding hydrogens is 528 g/mol. The van der Waals surface area contributed by atoms with Crippen LogP contribution >= 0.6 is 0 Å². The Kier molecular flexibility index (Phi) is 14.7. The summed E-state index contributed by atoms with van der Waals surface area (Å²) in [6, 6.07) is 8.92. The van der Waals surface area contributed by atoms with Crippen molar-refractivity contribution in [2.45, 2.75) is 173 Å². The van der Waals surface area contributed by atoms with Gasteiger partial charge in [0.15, 0.2) is 0 Å². The summed E-state index contributed by atoms with van der Waals surface area (Å²) in [5.74, 6) is -1.23. The van der Waals surface area contributed by atoms with Gasteiger partial charge in [0.25, 0.3) is 0 Å². The Morgan fingerprint density at radius 3 is 1.56 bits per heavy atom. The predicted molar refractivity (Wildman–Crippen MR) is 186 cm³/mol. The molecule has 0 saturated heterocycles. The molecule has 2 unspecified atom stereocenters. The summed E-state index contributed by atoms with van der Waals surface area (Å²) in [7, 11) is 0. The summed E-state index contributed by atoms with van der Waals surface area (Å²) in [6.45, 7) is 30.8. The first kappa shape index (κ1) is 39.4. The normalized spacial score (nSPS) is 14.9. The monoisotopic (exact) mass is 599 g/mol. The van der Waals surface area contributed by atoms with Crippen molar-refractivity contribution in [2.24, 2.45) is 33.0 Å². The lowest BCUT2D eigenvalue weighted by molar-refractivity contribution is -0.143. The van der Waals surface area contributed by atoms with Crippen molar-refractivity contribution in [2.75, 3.05) is 0 Å². The number of rotatable bonds is 21. The summed E-state index contributed by atoms with van der Waals surface area (Å²) < 4.78 is 0. The molecule has 0 heterocycles. The zero-order chi connectivity index (χ0) is 33.3. The van der Waals surface area contributed by atoms with Crippen molar-refractivity contribution in [3.05, 3.63) is 35.4 Å². The van der Waals surface area contributed by atoms with Gasteiger partial charge in [-0.25, -0.2) is 0 Å². The van der Waals surface area contributed by atoms with Crippen LogP contribution in [0.1, 0.15) is 178 Å². The maximum absolute atomic E-state index is 11.9. The van der Waals surface area contributed by atoms with Crippen LogP contribution in [0, 0.1) is 33.0 Å². The quantitative estimate of drug-likeness (QED) is 0.153. The van der Waals surface area contributed by atoms with E-state index in [9.17, 15) is 14.7 Å². The zero-order valence-corrected chi connectivity index (χ0v) is 30.7. The van der Waals surface area contributed by atoms with E-state index in [1.165, 1.54) is 44.6 Å². The number of aliphatic carboxylic acids is 1. The maximum atomic E-state index is 11.9. The number of Topliss-reactive ketones (excluding diaryl/α,β-unsaturated/α-hetero) is 1. The highest BCUT2D eigenvalue weighted by atomic mass is 16.4. The van der Waals surface area contributed by atoms with Crippen LogP contribution in [0.25, 0.3) is 0 Å². The Hall–Kier alpha value is -1.64. The molecule has 0 radical (unpaired) electrons.